The number of hydrogen-bond acceptors (Lipinski definition) is 2. The third kappa shape index (κ3) is 6.04. The molecule has 2 rings (SSSR count). The van der Waals surface area contributed by atoms with Crippen molar-refractivity contribution in [2.24, 2.45) is 0 Å². The molecular weight excluding hydrogens is 263 g/mol. The predicted octanol–water partition coefficient (Wildman–Crippen LogP) is 4.31. The topological polar surface area (TPSA) is 6.48 Å². The van der Waals surface area contributed by atoms with Crippen molar-refractivity contribution >= 4 is 5.69 Å². The zero-order valence-corrected chi connectivity index (χ0v) is 13.4. The molecule has 0 spiro atoms. The monoisotopic (exact) mass is 292 g/mol. The van der Waals surface area contributed by atoms with Crippen molar-refractivity contribution in [2.45, 2.75) is 44.9 Å². The number of halogens is 1. The first-order valence-electron chi connectivity index (χ1n) is 8.45. The summed E-state index contributed by atoms with van der Waals surface area (Å²) in [5, 5.41) is 0. The van der Waals surface area contributed by atoms with E-state index >= 15 is 0 Å². The second kappa shape index (κ2) is 9.04. The fraction of sp³-hybridized carbons (Fsp3) is 0.667. The molecule has 1 aromatic rings. The quantitative estimate of drug-likeness (QED) is 0.659. The van der Waals surface area contributed by atoms with E-state index in [1.807, 2.05) is 13.1 Å². The molecule has 0 radical (unpaired) electrons. The molecule has 1 aliphatic heterocycles. The molecule has 0 bridgehead atoms. The van der Waals surface area contributed by atoms with Crippen LogP contribution in [0, 0.1) is 5.82 Å². The maximum atomic E-state index is 13.2. The van der Waals surface area contributed by atoms with E-state index in [0.29, 0.717) is 0 Å². The van der Waals surface area contributed by atoms with Crippen molar-refractivity contribution < 1.29 is 4.39 Å². The van der Waals surface area contributed by atoms with Crippen LogP contribution in [-0.4, -0.2) is 38.1 Å². The highest BCUT2D eigenvalue weighted by Crippen LogP contribution is 2.15. The molecule has 0 atom stereocenters. The summed E-state index contributed by atoms with van der Waals surface area (Å²) in [6.07, 6.45) is 9.29. The largest absolute Gasteiger partial charge is 0.375 e. The Labute approximate surface area is 128 Å². The van der Waals surface area contributed by atoms with Gasteiger partial charge < -0.3 is 9.80 Å². The molecule has 3 heteroatoms. The lowest BCUT2D eigenvalue weighted by atomic mass is 10.1. The van der Waals surface area contributed by atoms with E-state index in [4.69, 9.17) is 0 Å². The van der Waals surface area contributed by atoms with Crippen molar-refractivity contribution in [3.8, 4) is 0 Å². The van der Waals surface area contributed by atoms with Crippen LogP contribution in [0.15, 0.2) is 24.3 Å². The third-order valence-electron chi connectivity index (χ3n) is 4.42. The standard InChI is InChI=1S/C18H29FN2/c1-20(18-11-9-10-17(19)16-18)12-5-2-3-6-13-21-14-7-4-8-15-21/h9-11,16H,2-8,12-15H2,1H3. The van der Waals surface area contributed by atoms with Gasteiger partial charge in [-0.25, -0.2) is 4.39 Å². The molecule has 0 amide bonds. The molecule has 1 fully saturated rings. The van der Waals surface area contributed by atoms with Gasteiger partial charge in [0.2, 0.25) is 0 Å². The van der Waals surface area contributed by atoms with Gasteiger partial charge in [-0.2, -0.15) is 0 Å². The summed E-state index contributed by atoms with van der Waals surface area (Å²) in [5.74, 6) is -0.152. The van der Waals surface area contributed by atoms with Gasteiger partial charge in [0.05, 0.1) is 0 Å². The summed E-state index contributed by atoms with van der Waals surface area (Å²) in [6, 6.07) is 6.85. The Bertz CT molecular complexity index is 402. The fourth-order valence-corrected chi connectivity index (χ4v) is 3.06. The zero-order valence-electron chi connectivity index (χ0n) is 13.4. The Hall–Kier alpha value is -1.09. The average molecular weight is 292 g/mol. The minimum atomic E-state index is -0.152. The Morgan fingerprint density at radius 1 is 1.05 bits per heavy atom. The van der Waals surface area contributed by atoms with Crippen LogP contribution in [0.4, 0.5) is 10.1 Å². The SMILES string of the molecule is CN(CCCCCCN1CCCCC1)c1cccc(F)c1. The number of rotatable bonds is 8. The Morgan fingerprint density at radius 3 is 2.57 bits per heavy atom. The average Bonchev–Trinajstić information content (AvgIpc) is 2.51. The van der Waals surface area contributed by atoms with Crippen LogP contribution in [0.5, 0.6) is 0 Å². The molecule has 0 aromatic heterocycles. The third-order valence-corrected chi connectivity index (χ3v) is 4.42. The van der Waals surface area contributed by atoms with E-state index in [1.54, 1.807) is 12.1 Å². The molecule has 1 saturated heterocycles. The molecule has 1 aromatic carbocycles. The fourth-order valence-electron chi connectivity index (χ4n) is 3.06. The zero-order chi connectivity index (χ0) is 14.9. The number of nitrogens with zero attached hydrogens (tertiary/aromatic N) is 2. The number of benzene rings is 1. The second-order valence-corrected chi connectivity index (χ2v) is 6.22. The normalized spacial score (nSPS) is 16.1. The summed E-state index contributed by atoms with van der Waals surface area (Å²) in [7, 11) is 2.04. The number of hydrogen-bond donors (Lipinski definition) is 0. The molecule has 0 aliphatic carbocycles. The number of piperidine rings is 1. The Balaban J connectivity index is 1.53. The van der Waals surface area contributed by atoms with E-state index < -0.39 is 0 Å². The summed E-state index contributed by atoms with van der Waals surface area (Å²) in [4.78, 5) is 4.76. The van der Waals surface area contributed by atoms with E-state index in [2.05, 4.69) is 9.80 Å². The van der Waals surface area contributed by atoms with Crippen molar-refractivity contribution in [1.29, 1.82) is 0 Å². The molecule has 2 nitrogen and oxygen atoms in total. The van der Waals surface area contributed by atoms with Crippen LogP contribution in [0.1, 0.15) is 44.9 Å². The maximum absolute atomic E-state index is 13.2. The van der Waals surface area contributed by atoms with Gasteiger partial charge in [-0.05, 0) is 63.5 Å². The summed E-state index contributed by atoms with van der Waals surface area (Å²) in [5.41, 5.74) is 0.975. The van der Waals surface area contributed by atoms with Gasteiger partial charge in [-0.3, -0.25) is 0 Å². The van der Waals surface area contributed by atoms with Crippen LogP contribution in [0.25, 0.3) is 0 Å². The van der Waals surface area contributed by atoms with E-state index in [0.717, 1.165) is 12.2 Å². The lowest BCUT2D eigenvalue weighted by Gasteiger charge is -2.26. The van der Waals surface area contributed by atoms with Crippen LogP contribution < -0.4 is 4.90 Å². The first-order chi connectivity index (χ1) is 10.3. The van der Waals surface area contributed by atoms with E-state index in [9.17, 15) is 4.39 Å². The minimum Gasteiger partial charge on any atom is -0.375 e. The van der Waals surface area contributed by atoms with Crippen molar-refractivity contribution in [2.75, 3.05) is 38.1 Å². The van der Waals surface area contributed by atoms with Crippen molar-refractivity contribution in [3.05, 3.63) is 30.1 Å². The smallest absolute Gasteiger partial charge is 0.125 e. The number of unbranched alkanes of at least 4 members (excludes halogenated alkanes) is 3. The Kier molecular flexibility index (Phi) is 7.01. The van der Waals surface area contributed by atoms with Gasteiger partial charge in [0.1, 0.15) is 5.82 Å². The first-order valence-corrected chi connectivity index (χ1v) is 8.45. The van der Waals surface area contributed by atoms with Crippen LogP contribution >= 0.6 is 0 Å². The van der Waals surface area contributed by atoms with Gasteiger partial charge >= 0.3 is 0 Å². The molecule has 118 valence electrons. The summed E-state index contributed by atoms with van der Waals surface area (Å²) >= 11 is 0. The van der Waals surface area contributed by atoms with Crippen molar-refractivity contribution in [1.82, 2.24) is 4.90 Å². The van der Waals surface area contributed by atoms with Gasteiger partial charge in [0.15, 0.2) is 0 Å². The summed E-state index contributed by atoms with van der Waals surface area (Å²) in [6.45, 7) is 4.90. The van der Waals surface area contributed by atoms with Gasteiger partial charge in [-0.15, -0.1) is 0 Å². The van der Waals surface area contributed by atoms with Gasteiger partial charge in [0, 0.05) is 19.3 Å². The minimum absolute atomic E-state index is 0.152. The van der Waals surface area contributed by atoms with Crippen LogP contribution in [0.3, 0.4) is 0 Å². The van der Waals surface area contributed by atoms with E-state index in [1.165, 1.54) is 70.6 Å². The molecule has 21 heavy (non-hydrogen) atoms. The predicted molar refractivity (Wildman–Crippen MR) is 88.4 cm³/mol. The lowest BCUT2D eigenvalue weighted by Crippen LogP contribution is -2.30. The second-order valence-electron chi connectivity index (χ2n) is 6.22. The highest BCUT2D eigenvalue weighted by Gasteiger charge is 2.08. The highest BCUT2D eigenvalue weighted by molar-refractivity contribution is 5.45. The number of anilines is 1. The van der Waals surface area contributed by atoms with E-state index in [-0.39, 0.29) is 5.82 Å². The first kappa shape index (κ1) is 16.3. The van der Waals surface area contributed by atoms with Gasteiger partial charge in [-0.1, -0.05) is 25.3 Å². The lowest BCUT2D eigenvalue weighted by molar-refractivity contribution is 0.224. The van der Waals surface area contributed by atoms with Crippen LogP contribution in [0.2, 0.25) is 0 Å². The van der Waals surface area contributed by atoms with Crippen molar-refractivity contribution in [3.63, 3.8) is 0 Å². The molecule has 1 aliphatic rings. The molecular formula is C18H29FN2. The van der Waals surface area contributed by atoms with Gasteiger partial charge in [0.25, 0.3) is 0 Å². The summed E-state index contributed by atoms with van der Waals surface area (Å²) < 4.78 is 13.2. The highest BCUT2D eigenvalue weighted by atomic mass is 19.1. The molecule has 0 N–H and O–H groups in total. The number of likely N-dealkylation sites (tertiary alicyclic amines) is 1. The Morgan fingerprint density at radius 2 is 1.81 bits per heavy atom. The molecule has 1 heterocycles. The molecule has 0 unspecified atom stereocenters. The molecule has 0 saturated carbocycles. The van der Waals surface area contributed by atoms with Crippen LogP contribution in [-0.2, 0) is 0 Å². The maximum Gasteiger partial charge on any atom is 0.125 e.